The highest BCUT2D eigenvalue weighted by Crippen LogP contribution is 2.23. The predicted molar refractivity (Wildman–Crippen MR) is 256 cm³/mol. The summed E-state index contributed by atoms with van der Waals surface area (Å²) >= 11 is 0. The second kappa shape index (κ2) is 36.3. The number of carbonyl (C=O) groups excluding carboxylic acids is 7. The van der Waals surface area contributed by atoms with E-state index in [0.717, 1.165) is 38.5 Å². The number of carbonyl (C=O) groups is 8. The van der Waals surface area contributed by atoms with Crippen LogP contribution in [0.4, 0.5) is 0 Å². The Balaban J connectivity index is 0.000000336. The predicted octanol–water partition coefficient (Wildman–Crippen LogP) is 3.79. The van der Waals surface area contributed by atoms with Gasteiger partial charge in [0, 0.05) is 65.7 Å². The van der Waals surface area contributed by atoms with Crippen LogP contribution < -0.4 is 31.9 Å². The standard InChI is InChI=1S/C20H34N4O4.C13H22N2.C7H12N2O4.C7H10N2O3/c1-15(25)21-13-12-18(26)22-14-19(27)28-20(23-16-8-4-2-5-9-16)24-17-10-6-3-7-11-17;1-3-7-12(8-4-1)14-11-15-13-9-5-2-6-10-13;1-5(10)8-3-2-6(11)9-4-7(12)13;1-5(10)8-3-2-6-9-4-7(11)12-6/h16-17H,2-14H2,1H3,(H,21,25)(H,22,26)(H,23,24);12-13H,1-10H2;2-4H2,1H3,(H,8,10)(H,9,11)(H,12,13);2-4H2,1H3,(H,8,10). The third kappa shape index (κ3) is 32.1. The SMILES string of the molecule is C(=NC1CCCCC1)=NC1CCCCC1.CC(=O)NCCC(=O)NCC(=O)O.CC(=O)NCCC(=O)NCC(=O)OC(=NC1CCCCC1)NC1CCCCC1.CC(=O)NCCC1=NCC(=O)O1. The Kier molecular flexibility index (Phi) is 31.2. The van der Waals surface area contributed by atoms with E-state index in [4.69, 9.17) is 14.6 Å². The summed E-state index contributed by atoms with van der Waals surface area (Å²) in [6, 6.07) is 4.83. The van der Waals surface area contributed by atoms with Crippen LogP contribution in [-0.2, 0) is 47.8 Å². The molecule has 7 N–H and O–H groups in total. The summed E-state index contributed by atoms with van der Waals surface area (Å²) in [6.45, 7) is 4.60. The molecule has 382 valence electrons. The Labute approximate surface area is 401 Å². The van der Waals surface area contributed by atoms with Gasteiger partial charge in [0.1, 0.15) is 19.6 Å². The van der Waals surface area contributed by atoms with E-state index in [0.29, 0.717) is 37.0 Å². The fourth-order valence-electron chi connectivity index (χ4n) is 7.70. The van der Waals surface area contributed by atoms with E-state index >= 15 is 0 Å². The molecule has 0 radical (unpaired) electrons. The Morgan fingerprint density at radius 1 is 0.618 bits per heavy atom. The second-order valence-electron chi connectivity index (χ2n) is 17.5. The zero-order valence-electron chi connectivity index (χ0n) is 40.6. The van der Waals surface area contributed by atoms with Crippen molar-refractivity contribution in [3.05, 3.63) is 0 Å². The van der Waals surface area contributed by atoms with E-state index in [1.165, 1.54) is 111 Å². The maximum absolute atomic E-state index is 12.2. The summed E-state index contributed by atoms with van der Waals surface area (Å²) in [6.07, 6.45) is 25.2. The molecule has 5 aliphatic rings. The highest BCUT2D eigenvalue weighted by atomic mass is 16.6. The average molecular weight is 959 g/mol. The van der Waals surface area contributed by atoms with Crippen LogP contribution in [0.25, 0.3) is 0 Å². The smallest absolute Gasteiger partial charge is 0.334 e. The van der Waals surface area contributed by atoms with Crippen molar-refractivity contribution in [1.29, 1.82) is 0 Å². The van der Waals surface area contributed by atoms with E-state index in [-0.39, 0.29) is 87.2 Å². The number of amidine groups is 1. The number of esters is 2. The van der Waals surface area contributed by atoms with Gasteiger partial charge in [-0.05, 0) is 51.4 Å². The number of carboxylic acids is 1. The molecule has 68 heavy (non-hydrogen) atoms. The largest absolute Gasteiger partial charge is 0.480 e. The lowest BCUT2D eigenvalue weighted by atomic mass is 9.95. The van der Waals surface area contributed by atoms with E-state index in [2.05, 4.69) is 57.9 Å². The van der Waals surface area contributed by atoms with Gasteiger partial charge in [-0.3, -0.25) is 28.8 Å². The molecule has 21 heteroatoms. The van der Waals surface area contributed by atoms with Crippen molar-refractivity contribution < 1.29 is 52.9 Å². The number of hydrogen-bond donors (Lipinski definition) is 7. The molecule has 4 saturated carbocycles. The van der Waals surface area contributed by atoms with Crippen LogP contribution in [0.5, 0.6) is 0 Å². The van der Waals surface area contributed by atoms with Crippen LogP contribution in [0.2, 0.25) is 0 Å². The molecular weight excluding hydrogens is 881 g/mol. The average Bonchev–Trinajstić information content (AvgIpc) is 3.73. The molecule has 0 atom stereocenters. The maximum Gasteiger partial charge on any atom is 0.334 e. The number of amides is 5. The Morgan fingerprint density at radius 2 is 1.06 bits per heavy atom. The van der Waals surface area contributed by atoms with Crippen LogP contribution in [0.15, 0.2) is 20.0 Å². The van der Waals surface area contributed by atoms with Gasteiger partial charge >= 0.3 is 17.9 Å². The summed E-state index contributed by atoms with van der Waals surface area (Å²) in [5.41, 5.74) is 0. The van der Waals surface area contributed by atoms with Crippen LogP contribution in [-0.4, -0.2) is 134 Å². The normalized spacial score (nSPS) is 17.7. The van der Waals surface area contributed by atoms with Gasteiger partial charge in [0.15, 0.2) is 5.90 Å². The van der Waals surface area contributed by atoms with Gasteiger partial charge in [0.25, 0.3) is 6.02 Å². The lowest BCUT2D eigenvalue weighted by Crippen LogP contribution is -2.41. The molecule has 4 aliphatic carbocycles. The zero-order chi connectivity index (χ0) is 49.8. The molecule has 0 aromatic carbocycles. The molecule has 1 aliphatic heterocycles. The first-order chi connectivity index (χ1) is 32.7. The summed E-state index contributed by atoms with van der Waals surface area (Å²) in [7, 11) is 0. The first-order valence-corrected chi connectivity index (χ1v) is 24.6. The first-order valence-electron chi connectivity index (χ1n) is 24.6. The Morgan fingerprint density at radius 3 is 1.50 bits per heavy atom. The third-order valence-corrected chi connectivity index (χ3v) is 11.3. The molecule has 0 bridgehead atoms. The summed E-state index contributed by atoms with van der Waals surface area (Å²) in [5, 5.41) is 23.7. The lowest BCUT2D eigenvalue weighted by molar-refractivity contribution is -0.138. The summed E-state index contributed by atoms with van der Waals surface area (Å²) in [4.78, 5) is 104. The molecule has 1 heterocycles. The minimum absolute atomic E-state index is 0.0901. The number of aliphatic imine (C=N–C) groups is 4. The molecule has 0 aromatic heterocycles. The molecule has 5 amide bonds. The van der Waals surface area contributed by atoms with Crippen molar-refractivity contribution in [3.8, 4) is 0 Å². The van der Waals surface area contributed by atoms with Gasteiger partial charge in [-0.1, -0.05) is 77.0 Å². The van der Waals surface area contributed by atoms with Gasteiger partial charge in [-0.15, -0.1) is 0 Å². The topological polar surface area (TPSA) is 297 Å². The van der Waals surface area contributed by atoms with Gasteiger partial charge < -0.3 is 46.5 Å². The third-order valence-electron chi connectivity index (χ3n) is 11.3. The van der Waals surface area contributed by atoms with Crippen molar-refractivity contribution in [2.45, 2.75) is 193 Å². The molecule has 0 unspecified atom stereocenters. The molecule has 4 fully saturated rings. The molecular formula is C47H78N10O11. The van der Waals surface area contributed by atoms with Gasteiger partial charge in [-0.2, -0.15) is 0 Å². The minimum Gasteiger partial charge on any atom is -0.480 e. The van der Waals surface area contributed by atoms with Crippen molar-refractivity contribution >= 4 is 65.4 Å². The first kappa shape index (κ1) is 58.4. The van der Waals surface area contributed by atoms with Crippen LogP contribution in [0, 0.1) is 0 Å². The second-order valence-corrected chi connectivity index (χ2v) is 17.5. The summed E-state index contributed by atoms with van der Waals surface area (Å²) in [5.74, 6) is -2.75. The number of hydrogen-bond acceptors (Lipinski definition) is 14. The van der Waals surface area contributed by atoms with Crippen LogP contribution in [0.1, 0.15) is 168 Å². The number of rotatable bonds is 17. The van der Waals surface area contributed by atoms with E-state index < -0.39 is 17.8 Å². The number of carboxylic acid groups (broad SMARTS) is 1. The quantitative estimate of drug-likeness (QED) is 0.0623. The zero-order valence-corrected chi connectivity index (χ0v) is 40.6. The maximum atomic E-state index is 12.2. The summed E-state index contributed by atoms with van der Waals surface area (Å²) < 4.78 is 10.2. The van der Waals surface area contributed by atoms with E-state index in [9.17, 15) is 38.4 Å². The monoisotopic (exact) mass is 959 g/mol. The van der Waals surface area contributed by atoms with Gasteiger partial charge in [0.2, 0.25) is 29.5 Å². The van der Waals surface area contributed by atoms with Gasteiger partial charge in [-0.25, -0.2) is 29.6 Å². The molecule has 0 spiro atoms. The van der Waals surface area contributed by atoms with Crippen molar-refractivity contribution in [2.75, 3.05) is 39.3 Å². The molecule has 0 aromatic rings. The number of aliphatic carboxylic acids is 1. The fourth-order valence-corrected chi connectivity index (χ4v) is 7.70. The molecule has 0 saturated heterocycles. The van der Waals surface area contributed by atoms with E-state index in [1.807, 2.05) is 0 Å². The van der Waals surface area contributed by atoms with Crippen molar-refractivity contribution in [1.82, 2.24) is 31.9 Å². The van der Waals surface area contributed by atoms with Crippen LogP contribution >= 0.6 is 0 Å². The fraction of sp³-hybridized carbons (Fsp3) is 0.766. The highest BCUT2D eigenvalue weighted by Gasteiger charge is 2.21. The van der Waals surface area contributed by atoms with Crippen LogP contribution in [0.3, 0.4) is 0 Å². The molecule has 5 rings (SSSR count). The number of nitrogens with one attached hydrogen (secondary N) is 6. The number of nitrogens with zero attached hydrogens (tertiary/aromatic N) is 4. The van der Waals surface area contributed by atoms with Gasteiger partial charge in [0.05, 0.1) is 24.1 Å². The highest BCUT2D eigenvalue weighted by molar-refractivity contribution is 5.95. The molecule has 21 nitrogen and oxygen atoms in total. The van der Waals surface area contributed by atoms with E-state index in [1.54, 1.807) is 0 Å². The number of ether oxygens (including phenoxy) is 2. The number of cyclic esters (lactones) is 1. The minimum atomic E-state index is -1.09. The van der Waals surface area contributed by atoms with Crippen molar-refractivity contribution in [3.63, 3.8) is 0 Å². The Hall–Kier alpha value is -5.72. The Bertz CT molecular complexity index is 1690. The lowest BCUT2D eigenvalue weighted by Gasteiger charge is -2.25. The van der Waals surface area contributed by atoms with Crippen molar-refractivity contribution in [2.24, 2.45) is 20.0 Å².